The van der Waals surface area contributed by atoms with Crippen molar-refractivity contribution < 1.29 is 4.79 Å². The second-order valence-electron chi connectivity index (χ2n) is 4.59. The first kappa shape index (κ1) is 12.4. The molecule has 1 aliphatic carbocycles. The Morgan fingerprint density at radius 2 is 2.41 bits per heavy atom. The van der Waals surface area contributed by atoms with E-state index in [4.69, 9.17) is 11.6 Å². The van der Waals surface area contributed by atoms with Gasteiger partial charge in [-0.15, -0.1) is 0 Å². The van der Waals surface area contributed by atoms with Crippen LogP contribution in [0.4, 0.5) is 0 Å². The van der Waals surface area contributed by atoms with E-state index in [1.54, 1.807) is 10.9 Å². The van der Waals surface area contributed by atoms with Gasteiger partial charge in [-0.25, -0.2) is 0 Å². The average Bonchev–Trinajstić information content (AvgIpc) is 2.70. The Hall–Kier alpha value is -1.09. The molecule has 0 fully saturated rings. The summed E-state index contributed by atoms with van der Waals surface area (Å²) in [5.74, 6) is 0.722. The zero-order valence-corrected chi connectivity index (χ0v) is 11.0. The van der Waals surface area contributed by atoms with Gasteiger partial charge in [-0.3, -0.25) is 9.48 Å². The molecule has 0 aromatic carbocycles. The summed E-state index contributed by atoms with van der Waals surface area (Å²) >= 11 is 6.04. The zero-order valence-electron chi connectivity index (χ0n) is 10.2. The van der Waals surface area contributed by atoms with E-state index in [1.165, 1.54) is 0 Å². The maximum Gasteiger partial charge on any atom is 0.208 e. The van der Waals surface area contributed by atoms with Gasteiger partial charge in [-0.05, 0) is 37.7 Å². The second kappa shape index (κ2) is 5.05. The quantitative estimate of drug-likeness (QED) is 0.772. The third kappa shape index (κ3) is 2.44. The highest BCUT2D eigenvalue weighted by Crippen LogP contribution is 2.27. The van der Waals surface area contributed by atoms with Gasteiger partial charge in [0.1, 0.15) is 5.69 Å². The molecule has 0 amide bonds. The fourth-order valence-electron chi connectivity index (χ4n) is 2.15. The molecule has 0 bridgehead atoms. The molecule has 0 N–H and O–H groups in total. The smallest absolute Gasteiger partial charge is 0.208 e. The van der Waals surface area contributed by atoms with E-state index in [9.17, 15) is 4.79 Å². The van der Waals surface area contributed by atoms with E-state index >= 15 is 0 Å². The predicted molar refractivity (Wildman–Crippen MR) is 68.3 cm³/mol. The van der Waals surface area contributed by atoms with Crippen LogP contribution in [0.2, 0.25) is 5.02 Å². The number of allylic oxidation sites excluding steroid dienone is 2. The van der Waals surface area contributed by atoms with Crippen LogP contribution in [0.1, 0.15) is 43.6 Å². The number of aromatic nitrogens is 2. The highest BCUT2D eigenvalue weighted by Gasteiger charge is 2.22. The van der Waals surface area contributed by atoms with Gasteiger partial charge < -0.3 is 0 Å². The largest absolute Gasteiger partial charge is 0.287 e. The molecule has 1 heterocycles. The number of ketones is 1. The molecule has 17 heavy (non-hydrogen) atoms. The highest BCUT2D eigenvalue weighted by atomic mass is 35.5. The van der Waals surface area contributed by atoms with Crippen molar-refractivity contribution in [1.82, 2.24) is 9.78 Å². The fourth-order valence-corrected chi connectivity index (χ4v) is 2.38. The lowest BCUT2D eigenvalue weighted by molar-refractivity contribution is 0.101. The molecule has 1 atom stereocenters. The van der Waals surface area contributed by atoms with Crippen molar-refractivity contribution in [2.24, 2.45) is 5.92 Å². The first-order chi connectivity index (χ1) is 8.13. The molecule has 1 unspecified atom stereocenters. The molecule has 0 saturated heterocycles. The van der Waals surface area contributed by atoms with Gasteiger partial charge in [-0.2, -0.15) is 5.10 Å². The average molecular weight is 253 g/mol. The number of hydrogen-bond donors (Lipinski definition) is 0. The van der Waals surface area contributed by atoms with Crippen molar-refractivity contribution in [3.63, 3.8) is 0 Å². The van der Waals surface area contributed by atoms with E-state index < -0.39 is 0 Å². The van der Waals surface area contributed by atoms with Crippen molar-refractivity contribution in [2.45, 2.75) is 39.7 Å². The SMILES string of the molecule is CCn1ncc(Cl)c1C(=O)C1=CCC(C)CC1. The van der Waals surface area contributed by atoms with Crippen LogP contribution in [0.3, 0.4) is 0 Å². The van der Waals surface area contributed by atoms with E-state index in [-0.39, 0.29) is 5.78 Å². The zero-order chi connectivity index (χ0) is 12.4. The van der Waals surface area contributed by atoms with Gasteiger partial charge in [0, 0.05) is 6.54 Å². The Balaban J connectivity index is 2.28. The predicted octanol–water partition coefficient (Wildman–Crippen LogP) is 3.49. The van der Waals surface area contributed by atoms with Gasteiger partial charge in [0.25, 0.3) is 0 Å². The molecule has 92 valence electrons. The molecule has 2 rings (SSSR count). The summed E-state index contributed by atoms with van der Waals surface area (Å²) in [6.07, 6.45) is 6.52. The number of carbonyl (C=O) groups excluding carboxylic acids is 1. The van der Waals surface area contributed by atoms with Crippen LogP contribution >= 0.6 is 11.6 Å². The first-order valence-corrected chi connectivity index (χ1v) is 6.46. The van der Waals surface area contributed by atoms with E-state index in [0.29, 0.717) is 23.2 Å². The molecular weight excluding hydrogens is 236 g/mol. The lowest BCUT2D eigenvalue weighted by atomic mass is 9.88. The highest BCUT2D eigenvalue weighted by molar-refractivity contribution is 6.34. The number of nitrogens with zero attached hydrogens (tertiary/aromatic N) is 2. The van der Waals surface area contributed by atoms with Gasteiger partial charge in [0.05, 0.1) is 11.2 Å². The summed E-state index contributed by atoms with van der Waals surface area (Å²) in [5.41, 5.74) is 1.43. The van der Waals surface area contributed by atoms with E-state index in [2.05, 4.69) is 18.1 Å². The summed E-state index contributed by atoms with van der Waals surface area (Å²) in [4.78, 5) is 12.4. The molecule has 0 saturated carbocycles. The van der Waals surface area contributed by atoms with Gasteiger partial charge >= 0.3 is 0 Å². The van der Waals surface area contributed by atoms with Crippen LogP contribution in [-0.4, -0.2) is 15.6 Å². The van der Waals surface area contributed by atoms with E-state index in [1.807, 2.05) is 6.92 Å². The molecular formula is C13H17ClN2O. The maximum atomic E-state index is 12.4. The Bertz CT molecular complexity index is 462. The molecule has 1 aromatic heterocycles. The minimum absolute atomic E-state index is 0.0428. The van der Waals surface area contributed by atoms with Crippen LogP contribution in [-0.2, 0) is 6.54 Å². The number of aryl methyl sites for hydroxylation is 1. The summed E-state index contributed by atoms with van der Waals surface area (Å²) in [6.45, 7) is 4.83. The minimum Gasteiger partial charge on any atom is -0.287 e. The number of Topliss-reactive ketones (excluding diaryl/α,β-unsaturated/α-hetero) is 1. The molecule has 0 aliphatic heterocycles. The molecule has 0 spiro atoms. The minimum atomic E-state index is 0.0428. The number of halogens is 1. The number of rotatable bonds is 3. The van der Waals surface area contributed by atoms with E-state index in [0.717, 1.165) is 24.8 Å². The Morgan fingerprint density at radius 3 is 3.00 bits per heavy atom. The fraction of sp³-hybridized carbons (Fsp3) is 0.538. The maximum absolute atomic E-state index is 12.4. The molecule has 3 nitrogen and oxygen atoms in total. The third-order valence-corrected chi connectivity index (χ3v) is 3.55. The van der Waals surface area contributed by atoms with Gasteiger partial charge in [0.2, 0.25) is 5.78 Å². The Labute approximate surface area is 106 Å². The lowest BCUT2D eigenvalue weighted by Crippen LogP contribution is -2.15. The second-order valence-corrected chi connectivity index (χ2v) is 5.00. The van der Waals surface area contributed by atoms with Crippen molar-refractivity contribution in [3.8, 4) is 0 Å². The summed E-state index contributed by atoms with van der Waals surface area (Å²) in [6, 6.07) is 0. The standard InChI is InChI=1S/C13H17ClN2O/c1-3-16-12(11(14)8-15-16)13(17)10-6-4-9(2)5-7-10/h6,8-9H,3-5,7H2,1-2H3. The Morgan fingerprint density at radius 1 is 1.65 bits per heavy atom. The number of carbonyl (C=O) groups is 1. The summed E-state index contributed by atoms with van der Waals surface area (Å²) in [7, 11) is 0. The summed E-state index contributed by atoms with van der Waals surface area (Å²) in [5, 5.41) is 4.56. The third-order valence-electron chi connectivity index (χ3n) is 3.27. The Kier molecular flexibility index (Phi) is 3.67. The van der Waals surface area contributed by atoms with Crippen LogP contribution < -0.4 is 0 Å². The van der Waals surface area contributed by atoms with Crippen molar-refractivity contribution in [3.05, 3.63) is 28.6 Å². The molecule has 1 aliphatic rings. The molecule has 0 radical (unpaired) electrons. The van der Waals surface area contributed by atoms with Crippen LogP contribution in [0.15, 0.2) is 17.8 Å². The van der Waals surface area contributed by atoms with Crippen molar-refractivity contribution in [2.75, 3.05) is 0 Å². The number of hydrogen-bond acceptors (Lipinski definition) is 2. The topological polar surface area (TPSA) is 34.9 Å². The van der Waals surface area contributed by atoms with Crippen molar-refractivity contribution >= 4 is 17.4 Å². The normalized spacial score (nSPS) is 20.2. The monoisotopic (exact) mass is 252 g/mol. The molecule has 4 heteroatoms. The summed E-state index contributed by atoms with van der Waals surface area (Å²) < 4.78 is 1.67. The first-order valence-electron chi connectivity index (χ1n) is 6.08. The van der Waals surface area contributed by atoms with Crippen LogP contribution in [0, 0.1) is 5.92 Å². The van der Waals surface area contributed by atoms with Gasteiger partial charge in [-0.1, -0.05) is 24.6 Å². The molecule has 1 aromatic rings. The van der Waals surface area contributed by atoms with Crippen molar-refractivity contribution in [1.29, 1.82) is 0 Å². The lowest BCUT2D eigenvalue weighted by Gasteiger charge is -2.17. The van der Waals surface area contributed by atoms with Crippen LogP contribution in [0.5, 0.6) is 0 Å². The van der Waals surface area contributed by atoms with Crippen LogP contribution in [0.25, 0.3) is 0 Å². The van der Waals surface area contributed by atoms with Gasteiger partial charge in [0.15, 0.2) is 0 Å².